The number of aryl methyl sites for hydroxylation is 1. The minimum absolute atomic E-state index is 0. The Hall–Kier alpha value is -1.55. The van der Waals surface area contributed by atoms with Crippen molar-refractivity contribution in [3.8, 4) is 5.75 Å². The zero-order valence-corrected chi connectivity index (χ0v) is 21.7. The lowest BCUT2D eigenvalue weighted by Gasteiger charge is -2.39. The Morgan fingerprint density at radius 2 is 1.81 bits per heavy atom. The molecule has 2 aliphatic heterocycles. The molecular formula is C23H38IN5O2. The number of methoxy groups -OCH3 is 1. The third-order valence-electron chi connectivity index (χ3n) is 6.16. The minimum Gasteiger partial charge on any atom is -0.496 e. The quantitative estimate of drug-likeness (QED) is 0.340. The molecule has 2 heterocycles. The van der Waals surface area contributed by atoms with Gasteiger partial charge in [-0.25, -0.2) is 4.99 Å². The van der Waals surface area contributed by atoms with Crippen molar-refractivity contribution in [2.24, 2.45) is 4.99 Å². The second kappa shape index (κ2) is 12.5. The molecule has 0 saturated carbocycles. The summed E-state index contributed by atoms with van der Waals surface area (Å²) in [5, 5.41) is 3.43. The van der Waals surface area contributed by atoms with Gasteiger partial charge in [-0.15, -0.1) is 24.0 Å². The average molecular weight is 543 g/mol. The molecule has 0 spiro atoms. The lowest BCUT2D eigenvalue weighted by molar-refractivity contribution is -0.135. The molecular weight excluding hydrogens is 505 g/mol. The first kappa shape index (κ1) is 25.7. The van der Waals surface area contributed by atoms with E-state index in [0.29, 0.717) is 6.54 Å². The van der Waals surface area contributed by atoms with E-state index in [1.54, 1.807) is 7.11 Å². The number of nitrogens with one attached hydrogen (secondary N) is 1. The van der Waals surface area contributed by atoms with Gasteiger partial charge in [0.05, 0.1) is 19.7 Å². The fraction of sp³-hybridized carbons (Fsp3) is 0.652. The summed E-state index contributed by atoms with van der Waals surface area (Å²) >= 11 is 0. The Bertz CT molecular complexity index is 743. The predicted octanol–water partition coefficient (Wildman–Crippen LogP) is 2.72. The van der Waals surface area contributed by atoms with Crippen LogP contribution in [0.4, 0.5) is 0 Å². The monoisotopic (exact) mass is 543 g/mol. The maximum atomic E-state index is 12.7. The van der Waals surface area contributed by atoms with Crippen molar-refractivity contribution in [3.05, 3.63) is 29.3 Å². The molecule has 1 unspecified atom stereocenters. The van der Waals surface area contributed by atoms with Crippen molar-refractivity contribution < 1.29 is 9.53 Å². The van der Waals surface area contributed by atoms with E-state index in [1.807, 2.05) is 11.8 Å². The largest absolute Gasteiger partial charge is 0.496 e. The van der Waals surface area contributed by atoms with Gasteiger partial charge in [0.25, 0.3) is 0 Å². The SMILES string of the molecule is CCNC(=NCc1ccc(C)c(OC)c1)N1CCN(C(C)C(=O)N2CCCC2)CC1.I. The van der Waals surface area contributed by atoms with Crippen molar-refractivity contribution in [1.82, 2.24) is 20.0 Å². The number of likely N-dealkylation sites (tertiary alicyclic amines) is 1. The second-order valence-electron chi connectivity index (χ2n) is 8.21. The molecule has 1 amide bonds. The van der Waals surface area contributed by atoms with Gasteiger partial charge in [0.1, 0.15) is 5.75 Å². The van der Waals surface area contributed by atoms with Crippen LogP contribution in [0.25, 0.3) is 0 Å². The van der Waals surface area contributed by atoms with Crippen LogP contribution < -0.4 is 10.1 Å². The number of carbonyl (C=O) groups excluding carboxylic acids is 1. The van der Waals surface area contributed by atoms with Gasteiger partial charge in [0, 0.05) is 45.8 Å². The number of hydrogen-bond acceptors (Lipinski definition) is 4. The molecule has 31 heavy (non-hydrogen) atoms. The first-order valence-electron chi connectivity index (χ1n) is 11.2. The molecule has 1 atom stereocenters. The molecule has 2 aliphatic rings. The third kappa shape index (κ3) is 6.71. The maximum absolute atomic E-state index is 12.7. The summed E-state index contributed by atoms with van der Waals surface area (Å²) in [6, 6.07) is 6.21. The second-order valence-corrected chi connectivity index (χ2v) is 8.21. The summed E-state index contributed by atoms with van der Waals surface area (Å²) in [5.74, 6) is 2.13. The molecule has 1 aromatic carbocycles. The van der Waals surface area contributed by atoms with E-state index >= 15 is 0 Å². The molecule has 1 aromatic rings. The average Bonchev–Trinajstić information content (AvgIpc) is 3.31. The molecule has 0 aliphatic carbocycles. The van der Waals surface area contributed by atoms with Crippen LogP contribution >= 0.6 is 24.0 Å². The zero-order valence-electron chi connectivity index (χ0n) is 19.4. The highest BCUT2D eigenvalue weighted by Gasteiger charge is 2.30. The summed E-state index contributed by atoms with van der Waals surface area (Å²) in [7, 11) is 1.70. The van der Waals surface area contributed by atoms with Crippen molar-refractivity contribution in [2.75, 3.05) is 52.9 Å². The van der Waals surface area contributed by atoms with Gasteiger partial charge in [0.15, 0.2) is 5.96 Å². The molecule has 174 valence electrons. The smallest absolute Gasteiger partial charge is 0.239 e. The lowest BCUT2D eigenvalue weighted by atomic mass is 10.1. The van der Waals surface area contributed by atoms with Crippen LogP contribution in [0.15, 0.2) is 23.2 Å². The van der Waals surface area contributed by atoms with Gasteiger partial charge in [0.2, 0.25) is 5.91 Å². The van der Waals surface area contributed by atoms with Gasteiger partial charge in [-0.2, -0.15) is 0 Å². The topological polar surface area (TPSA) is 60.4 Å². The van der Waals surface area contributed by atoms with E-state index in [4.69, 9.17) is 9.73 Å². The van der Waals surface area contributed by atoms with E-state index in [2.05, 4.69) is 47.2 Å². The van der Waals surface area contributed by atoms with Crippen molar-refractivity contribution in [1.29, 1.82) is 0 Å². The van der Waals surface area contributed by atoms with Gasteiger partial charge < -0.3 is 19.9 Å². The van der Waals surface area contributed by atoms with E-state index in [-0.39, 0.29) is 35.9 Å². The van der Waals surface area contributed by atoms with Gasteiger partial charge >= 0.3 is 0 Å². The van der Waals surface area contributed by atoms with Crippen LogP contribution in [0.5, 0.6) is 5.75 Å². The minimum atomic E-state index is -0.0372. The molecule has 1 N–H and O–H groups in total. The summed E-state index contributed by atoms with van der Waals surface area (Å²) in [4.78, 5) is 24.2. The Labute approximate surface area is 204 Å². The van der Waals surface area contributed by atoms with Crippen LogP contribution in [-0.2, 0) is 11.3 Å². The lowest BCUT2D eigenvalue weighted by Crippen LogP contribution is -2.57. The maximum Gasteiger partial charge on any atom is 0.239 e. The van der Waals surface area contributed by atoms with Crippen LogP contribution in [-0.4, -0.2) is 85.5 Å². The Morgan fingerprint density at radius 3 is 2.42 bits per heavy atom. The molecule has 2 fully saturated rings. The van der Waals surface area contributed by atoms with E-state index < -0.39 is 0 Å². The Kier molecular flexibility index (Phi) is 10.3. The van der Waals surface area contributed by atoms with E-state index in [0.717, 1.165) is 81.5 Å². The number of nitrogens with zero attached hydrogens (tertiary/aromatic N) is 4. The number of halogens is 1. The van der Waals surface area contributed by atoms with Crippen molar-refractivity contribution in [3.63, 3.8) is 0 Å². The molecule has 0 aromatic heterocycles. The van der Waals surface area contributed by atoms with Crippen molar-refractivity contribution >= 4 is 35.8 Å². The summed E-state index contributed by atoms with van der Waals surface area (Å²) in [6.45, 7) is 13.0. The number of rotatable bonds is 6. The fourth-order valence-corrected chi connectivity index (χ4v) is 4.23. The van der Waals surface area contributed by atoms with Gasteiger partial charge in [-0.05, 0) is 50.8 Å². The predicted molar refractivity (Wildman–Crippen MR) is 136 cm³/mol. The highest BCUT2D eigenvalue weighted by molar-refractivity contribution is 14.0. The van der Waals surface area contributed by atoms with Gasteiger partial charge in [-0.1, -0.05) is 12.1 Å². The standard InChI is InChI=1S/C23H37N5O2.HI/c1-5-24-23(25-17-20-9-8-18(2)21(16-20)30-4)28-14-12-26(13-15-28)19(3)22(29)27-10-6-7-11-27;/h8-9,16,19H,5-7,10-15,17H2,1-4H3,(H,24,25);1H. The molecule has 7 nitrogen and oxygen atoms in total. The number of guanidine groups is 1. The third-order valence-corrected chi connectivity index (χ3v) is 6.16. The van der Waals surface area contributed by atoms with Crippen LogP contribution in [0, 0.1) is 6.92 Å². The Morgan fingerprint density at radius 1 is 1.13 bits per heavy atom. The normalized spacial score (nSPS) is 18.5. The molecule has 8 heteroatoms. The van der Waals surface area contributed by atoms with E-state index in [1.165, 1.54) is 0 Å². The number of piperazine rings is 1. The molecule has 0 bridgehead atoms. The first-order chi connectivity index (χ1) is 14.5. The van der Waals surface area contributed by atoms with Gasteiger partial charge in [-0.3, -0.25) is 9.69 Å². The van der Waals surface area contributed by atoms with Crippen LogP contribution in [0.1, 0.15) is 37.8 Å². The van der Waals surface area contributed by atoms with E-state index in [9.17, 15) is 4.79 Å². The number of amides is 1. The highest BCUT2D eigenvalue weighted by atomic mass is 127. The molecule has 2 saturated heterocycles. The van der Waals surface area contributed by atoms with Crippen molar-refractivity contribution in [2.45, 2.75) is 46.2 Å². The molecule has 0 radical (unpaired) electrons. The zero-order chi connectivity index (χ0) is 21.5. The van der Waals surface area contributed by atoms with Crippen LogP contribution in [0.3, 0.4) is 0 Å². The summed E-state index contributed by atoms with van der Waals surface area (Å²) in [6.07, 6.45) is 2.28. The Balaban J connectivity index is 0.00000341. The fourth-order valence-electron chi connectivity index (χ4n) is 4.23. The summed E-state index contributed by atoms with van der Waals surface area (Å²) < 4.78 is 5.44. The highest BCUT2D eigenvalue weighted by Crippen LogP contribution is 2.19. The number of ether oxygens (including phenoxy) is 1. The molecule has 3 rings (SSSR count). The number of hydrogen-bond donors (Lipinski definition) is 1. The number of carbonyl (C=O) groups is 1. The number of aliphatic imine (C=N–C) groups is 1. The number of benzene rings is 1. The summed E-state index contributed by atoms with van der Waals surface area (Å²) in [5.41, 5.74) is 2.27. The van der Waals surface area contributed by atoms with Crippen LogP contribution in [0.2, 0.25) is 0 Å². The first-order valence-corrected chi connectivity index (χ1v) is 11.2.